The lowest BCUT2D eigenvalue weighted by atomic mass is 10.0. The largest absolute Gasteiger partial charge is 0.378 e. The van der Waals surface area contributed by atoms with Crippen LogP contribution in [0.1, 0.15) is 45.1 Å². The van der Waals surface area contributed by atoms with Crippen LogP contribution in [0.5, 0.6) is 0 Å². The molecule has 0 amide bonds. The highest BCUT2D eigenvalue weighted by Gasteiger charge is 2.24. The fourth-order valence-corrected chi connectivity index (χ4v) is 2.51. The average molecular weight is 238 g/mol. The van der Waals surface area contributed by atoms with Crippen LogP contribution < -0.4 is 5.73 Å². The maximum Gasteiger partial charge on any atom is 0.330 e. The van der Waals surface area contributed by atoms with Gasteiger partial charge in [0.05, 0.1) is 11.0 Å². The van der Waals surface area contributed by atoms with Gasteiger partial charge >= 0.3 is 5.69 Å². The first kappa shape index (κ1) is 11.9. The molecule has 17 heavy (non-hydrogen) atoms. The molecular formula is C11H18N4O2. The summed E-state index contributed by atoms with van der Waals surface area (Å²) in [6.45, 7) is 2.25. The van der Waals surface area contributed by atoms with Crippen molar-refractivity contribution in [1.82, 2.24) is 9.78 Å². The van der Waals surface area contributed by atoms with Gasteiger partial charge in [-0.25, -0.2) is 4.68 Å². The molecule has 1 aromatic rings. The van der Waals surface area contributed by atoms with Crippen molar-refractivity contribution in [2.24, 2.45) is 5.92 Å². The molecule has 2 atom stereocenters. The number of hydrogen-bond donors (Lipinski definition) is 1. The second kappa shape index (κ2) is 4.73. The van der Waals surface area contributed by atoms with E-state index in [0.29, 0.717) is 0 Å². The van der Waals surface area contributed by atoms with Crippen LogP contribution in [-0.2, 0) is 0 Å². The molecule has 0 radical (unpaired) electrons. The summed E-state index contributed by atoms with van der Waals surface area (Å²) in [6.07, 6.45) is 6.76. The molecule has 1 aromatic heterocycles. The first-order valence-electron chi connectivity index (χ1n) is 6.07. The second-order valence-corrected chi connectivity index (χ2v) is 4.88. The lowest BCUT2D eigenvalue weighted by Gasteiger charge is -2.15. The Morgan fingerprint density at radius 3 is 2.88 bits per heavy atom. The Labute approximate surface area is 99.9 Å². The topological polar surface area (TPSA) is 87.0 Å². The molecule has 1 aliphatic rings. The van der Waals surface area contributed by atoms with Crippen LogP contribution in [-0.4, -0.2) is 14.7 Å². The molecule has 0 spiro atoms. The molecule has 0 aliphatic heterocycles. The molecule has 2 unspecified atom stereocenters. The van der Waals surface area contributed by atoms with Gasteiger partial charge in [0, 0.05) is 0 Å². The Morgan fingerprint density at radius 2 is 2.24 bits per heavy atom. The van der Waals surface area contributed by atoms with Gasteiger partial charge in [-0.15, -0.1) is 0 Å². The van der Waals surface area contributed by atoms with Crippen molar-refractivity contribution in [2.75, 3.05) is 5.73 Å². The van der Waals surface area contributed by atoms with Gasteiger partial charge in [-0.2, -0.15) is 5.10 Å². The van der Waals surface area contributed by atoms with Gasteiger partial charge in [0.2, 0.25) is 5.82 Å². The third-order valence-corrected chi connectivity index (χ3v) is 3.58. The third-order valence-electron chi connectivity index (χ3n) is 3.58. The average Bonchev–Trinajstić information content (AvgIpc) is 2.52. The number of anilines is 1. The number of rotatable bonds is 2. The van der Waals surface area contributed by atoms with Crippen molar-refractivity contribution in [2.45, 2.75) is 45.1 Å². The molecular weight excluding hydrogens is 220 g/mol. The maximum absolute atomic E-state index is 10.7. The number of hydrogen-bond acceptors (Lipinski definition) is 4. The summed E-state index contributed by atoms with van der Waals surface area (Å²) >= 11 is 0. The van der Waals surface area contributed by atoms with E-state index in [2.05, 4.69) is 12.0 Å². The lowest BCUT2D eigenvalue weighted by molar-refractivity contribution is -0.384. The monoisotopic (exact) mass is 238 g/mol. The zero-order valence-electron chi connectivity index (χ0n) is 10.0. The van der Waals surface area contributed by atoms with E-state index in [1.54, 1.807) is 4.68 Å². The molecule has 6 heteroatoms. The maximum atomic E-state index is 10.7. The molecule has 2 rings (SSSR count). The van der Waals surface area contributed by atoms with E-state index in [1.807, 2.05) is 0 Å². The fourth-order valence-electron chi connectivity index (χ4n) is 2.51. The van der Waals surface area contributed by atoms with Gasteiger partial charge in [0.25, 0.3) is 0 Å². The summed E-state index contributed by atoms with van der Waals surface area (Å²) in [6, 6.07) is 0.216. The van der Waals surface area contributed by atoms with Gasteiger partial charge in [0.15, 0.2) is 0 Å². The van der Waals surface area contributed by atoms with Crippen molar-refractivity contribution in [3.8, 4) is 0 Å². The van der Waals surface area contributed by atoms with E-state index in [4.69, 9.17) is 5.73 Å². The highest BCUT2D eigenvalue weighted by Crippen LogP contribution is 2.33. The number of nitrogen functional groups attached to an aromatic ring is 1. The van der Waals surface area contributed by atoms with Crippen LogP contribution in [0.15, 0.2) is 6.20 Å². The van der Waals surface area contributed by atoms with E-state index in [9.17, 15) is 10.1 Å². The van der Waals surface area contributed by atoms with E-state index in [1.165, 1.54) is 12.6 Å². The van der Waals surface area contributed by atoms with E-state index < -0.39 is 4.92 Å². The van der Waals surface area contributed by atoms with Crippen LogP contribution >= 0.6 is 0 Å². The van der Waals surface area contributed by atoms with Crippen LogP contribution in [0.25, 0.3) is 0 Å². The van der Waals surface area contributed by atoms with E-state index in [0.717, 1.165) is 31.6 Å². The Balaban J connectivity index is 2.19. The Hall–Kier alpha value is -1.59. The van der Waals surface area contributed by atoms with Crippen LogP contribution in [0.4, 0.5) is 11.5 Å². The zero-order chi connectivity index (χ0) is 12.4. The number of nitro groups is 1. The predicted octanol–water partition coefficient (Wildman–Crippen LogP) is 2.51. The Bertz CT molecular complexity index is 416. The van der Waals surface area contributed by atoms with Crippen LogP contribution in [0.3, 0.4) is 0 Å². The quantitative estimate of drug-likeness (QED) is 0.487. The SMILES string of the molecule is CC1CCCC(n2ncc([N+](=O)[O-])c2N)CC1. The Morgan fingerprint density at radius 1 is 1.47 bits per heavy atom. The van der Waals surface area contributed by atoms with Gasteiger partial charge in [-0.1, -0.05) is 19.8 Å². The minimum Gasteiger partial charge on any atom is -0.378 e. The van der Waals surface area contributed by atoms with Gasteiger partial charge < -0.3 is 5.73 Å². The summed E-state index contributed by atoms with van der Waals surface area (Å²) in [4.78, 5) is 10.2. The van der Waals surface area contributed by atoms with Gasteiger partial charge in [0.1, 0.15) is 6.20 Å². The highest BCUT2D eigenvalue weighted by molar-refractivity contribution is 5.51. The van der Waals surface area contributed by atoms with Crippen molar-refractivity contribution in [3.63, 3.8) is 0 Å². The predicted molar refractivity (Wildman–Crippen MR) is 64.6 cm³/mol. The molecule has 1 heterocycles. The molecule has 0 bridgehead atoms. The van der Waals surface area contributed by atoms with Crippen molar-refractivity contribution < 1.29 is 4.92 Å². The van der Waals surface area contributed by atoms with E-state index >= 15 is 0 Å². The first-order chi connectivity index (χ1) is 8.09. The standard InChI is InChI=1S/C11H18N4O2/c1-8-3-2-4-9(6-5-8)14-11(12)10(7-13-14)15(16)17/h7-9H,2-6,12H2,1H3. The number of nitrogens with zero attached hydrogens (tertiary/aromatic N) is 3. The van der Waals surface area contributed by atoms with Crippen molar-refractivity contribution in [1.29, 1.82) is 0 Å². The molecule has 2 N–H and O–H groups in total. The fraction of sp³-hybridized carbons (Fsp3) is 0.727. The van der Waals surface area contributed by atoms with E-state index in [-0.39, 0.29) is 17.5 Å². The first-order valence-corrected chi connectivity index (χ1v) is 6.07. The summed E-state index contributed by atoms with van der Waals surface area (Å²) in [5.74, 6) is 0.918. The summed E-state index contributed by atoms with van der Waals surface area (Å²) in [5, 5.41) is 14.8. The van der Waals surface area contributed by atoms with Crippen molar-refractivity contribution in [3.05, 3.63) is 16.3 Å². The van der Waals surface area contributed by atoms with Crippen LogP contribution in [0.2, 0.25) is 0 Å². The second-order valence-electron chi connectivity index (χ2n) is 4.88. The number of nitrogens with two attached hydrogens (primary N) is 1. The third kappa shape index (κ3) is 2.40. The van der Waals surface area contributed by atoms with Crippen molar-refractivity contribution >= 4 is 11.5 Å². The summed E-state index contributed by atoms with van der Waals surface area (Å²) in [7, 11) is 0. The number of aromatic nitrogens is 2. The van der Waals surface area contributed by atoms with Gasteiger partial charge in [-0.3, -0.25) is 10.1 Å². The minimum absolute atomic E-state index is 0.0812. The zero-order valence-corrected chi connectivity index (χ0v) is 10.0. The summed E-state index contributed by atoms with van der Waals surface area (Å²) in [5.41, 5.74) is 5.70. The molecule has 1 saturated carbocycles. The minimum atomic E-state index is -0.474. The molecule has 1 aliphatic carbocycles. The molecule has 0 aromatic carbocycles. The summed E-state index contributed by atoms with van der Waals surface area (Å²) < 4.78 is 1.64. The lowest BCUT2D eigenvalue weighted by Crippen LogP contribution is -2.13. The molecule has 94 valence electrons. The smallest absolute Gasteiger partial charge is 0.330 e. The normalized spacial score (nSPS) is 25.5. The molecule has 6 nitrogen and oxygen atoms in total. The highest BCUT2D eigenvalue weighted by atomic mass is 16.6. The molecule has 0 saturated heterocycles. The van der Waals surface area contributed by atoms with Crippen LogP contribution in [0, 0.1) is 16.0 Å². The Kier molecular flexibility index (Phi) is 3.31. The van der Waals surface area contributed by atoms with Gasteiger partial charge in [-0.05, 0) is 25.2 Å². The molecule has 1 fully saturated rings.